The molecule has 3 atom stereocenters. The summed E-state index contributed by atoms with van der Waals surface area (Å²) in [6, 6.07) is 2.36. The van der Waals surface area contributed by atoms with Gasteiger partial charge < -0.3 is 4.90 Å². The summed E-state index contributed by atoms with van der Waals surface area (Å²) >= 11 is 0. The van der Waals surface area contributed by atoms with Gasteiger partial charge in [-0.1, -0.05) is 0 Å². The van der Waals surface area contributed by atoms with E-state index in [0.29, 0.717) is 18.4 Å². The molecule has 19 heavy (non-hydrogen) atoms. The molecule has 1 aliphatic heterocycles. The second-order valence-electron chi connectivity index (χ2n) is 7.42. The summed E-state index contributed by atoms with van der Waals surface area (Å²) in [5.41, 5.74) is 0.00489. The number of rotatable bonds is 1. The van der Waals surface area contributed by atoms with Crippen LogP contribution in [0.4, 0.5) is 0 Å². The van der Waals surface area contributed by atoms with Gasteiger partial charge in [-0.3, -0.25) is 4.79 Å². The van der Waals surface area contributed by atoms with E-state index < -0.39 is 0 Å². The SMILES string of the molecule is N#CC1CCCN(C(=O)C23CC4CC(CC2C4)C3)C1. The molecule has 1 heterocycles. The van der Waals surface area contributed by atoms with Crippen LogP contribution in [0.1, 0.15) is 44.9 Å². The molecule has 0 radical (unpaired) electrons. The van der Waals surface area contributed by atoms with Gasteiger partial charge in [0.15, 0.2) is 0 Å². The molecule has 5 rings (SSSR count). The Hall–Kier alpha value is -1.04. The highest BCUT2D eigenvalue weighted by Crippen LogP contribution is 2.66. The zero-order chi connectivity index (χ0) is 13.0. The van der Waals surface area contributed by atoms with Gasteiger partial charge in [-0.25, -0.2) is 0 Å². The maximum absolute atomic E-state index is 13.0. The molecule has 4 saturated carbocycles. The van der Waals surface area contributed by atoms with Gasteiger partial charge in [-0.15, -0.1) is 0 Å². The van der Waals surface area contributed by atoms with Crippen LogP contribution in [0.25, 0.3) is 0 Å². The number of nitrogens with zero attached hydrogens (tertiary/aromatic N) is 2. The van der Waals surface area contributed by atoms with Crippen molar-refractivity contribution < 1.29 is 4.79 Å². The van der Waals surface area contributed by atoms with Crippen molar-refractivity contribution in [3.05, 3.63) is 0 Å². The van der Waals surface area contributed by atoms with Crippen LogP contribution in [0, 0.1) is 40.4 Å². The lowest BCUT2D eigenvalue weighted by Gasteiger charge is -2.39. The van der Waals surface area contributed by atoms with Gasteiger partial charge in [0.1, 0.15) is 0 Å². The molecule has 0 spiro atoms. The molecular weight excluding hydrogens is 236 g/mol. The molecule has 1 amide bonds. The molecule has 5 aliphatic rings. The average molecular weight is 258 g/mol. The first-order chi connectivity index (χ1) is 9.21. The maximum Gasteiger partial charge on any atom is 0.229 e. The minimum absolute atomic E-state index is 0.00489. The fraction of sp³-hybridized carbons (Fsp3) is 0.875. The normalized spacial score (nSPS) is 47.4. The Morgan fingerprint density at radius 3 is 2.63 bits per heavy atom. The zero-order valence-corrected chi connectivity index (χ0v) is 11.5. The second kappa shape index (κ2) is 3.98. The third kappa shape index (κ3) is 1.58. The van der Waals surface area contributed by atoms with E-state index in [0.717, 1.165) is 44.1 Å². The van der Waals surface area contributed by atoms with Crippen molar-refractivity contribution in [2.75, 3.05) is 13.1 Å². The van der Waals surface area contributed by atoms with Gasteiger partial charge >= 0.3 is 0 Å². The summed E-state index contributed by atoms with van der Waals surface area (Å²) in [6.07, 6.45) is 8.28. The summed E-state index contributed by atoms with van der Waals surface area (Å²) in [6.45, 7) is 1.58. The first-order valence-corrected chi connectivity index (χ1v) is 7.90. The van der Waals surface area contributed by atoms with Crippen molar-refractivity contribution in [1.29, 1.82) is 5.26 Å². The van der Waals surface area contributed by atoms with Crippen LogP contribution >= 0.6 is 0 Å². The molecule has 4 bridgehead atoms. The van der Waals surface area contributed by atoms with Crippen LogP contribution in [0.5, 0.6) is 0 Å². The average Bonchev–Trinajstić information content (AvgIpc) is 2.84. The van der Waals surface area contributed by atoms with E-state index in [4.69, 9.17) is 5.26 Å². The van der Waals surface area contributed by atoms with Crippen molar-refractivity contribution in [3.8, 4) is 6.07 Å². The number of carbonyl (C=O) groups is 1. The van der Waals surface area contributed by atoms with Crippen molar-refractivity contribution in [3.63, 3.8) is 0 Å². The smallest absolute Gasteiger partial charge is 0.229 e. The van der Waals surface area contributed by atoms with Gasteiger partial charge in [0.2, 0.25) is 5.91 Å². The van der Waals surface area contributed by atoms with E-state index in [2.05, 4.69) is 6.07 Å². The Morgan fingerprint density at radius 1 is 1.21 bits per heavy atom. The van der Waals surface area contributed by atoms with Crippen molar-refractivity contribution >= 4 is 5.91 Å². The lowest BCUT2D eigenvalue weighted by molar-refractivity contribution is -0.145. The van der Waals surface area contributed by atoms with Crippen molar-refractivity contribution in [2.24, 2.45) is 29.1 Å². The van der Waals surface area contributed by atoms with E-state index in [1.54, 1.807) is 0 Å². The van der Waals surface area contributed by atoms with E-state index >= 15 is 0 Å². The number of hydrogen-bond donors (Lipinski definition) is 0. The lowest BCUT2D eigenvalue weighted by Crippen LogP contribution is -2.48. The Labute approximate surface area is 115 Å². The van der Waals surface area contributed by atoms with Crippen LogP contribution in [-0.2, 0) is 4.79 Å². The Balaban J connectivity index is 1.56. The Bertz CT molecular complexity index is 438. The number of nitriles is 1. The summed E-state index contributed by atoms with van der Waals surface area (Å²) in [4.78, 5) is 15.1. The number of carbonyl (C=O) groups excluding carboxylic acids is 1. The quantitative estimate of drug-likeness (QED) is 0.725. The van der Waals surface area contributed by atoms with Crippen LogP contribution in [-0.4, -0.2) is 23.9 Å². The fourth-order valence-corrected chi connectivity index (χ4v) is 5.73. The summed E-state index contributed by atoms with van der Waals surface area (Å²) in [7, 11) is 0. The minimum atomic E-state index is 0.00489. The van der Waals surface area contributed by atoms with Gasteiger partial charge in [0.05, 0.1) is 17.4 Å². The van der Waals surface area contributed by atoms with E-state index in [1.807, 2.05) is 4.90 Å². The number of likely N-dealkylation sites (tertiary alicyclic amines) is 1. The van der Waals surface area contributed by atoms with Gasteiger partial charge in [-0.2, -0.15) is 5.26 Å². The summed E-state index contributed by atoms with van der Waals surface area (Å²) in [5.74, 6) is 2.83. The van der Waals surface area contributed by atoms with Crippen LogP contribution in [0.15, 0.2) is 0 Å². The van der Waals surface area contributed by atoms with Crippen LogP contribution < -0.4 is 0 Å². The van der Waals surface area contributed by atoms with Crippen molar-refractivity contribution in [2.45, 2.75) is 44.9 Å². The molecule has 102 valence electrons. The largest absolute Gasteiger partial charge is 0.341 e. The van der Waals surface area contributed by atoms with Crippen LogP contribution in [0.2, 0.25) is 0 Å². The summed E-state index contributed by atoms with van der Waals surface area (Å²) in [5, 5.41) is 9.10. The molecule has 0 aromatic carbocycles. The predicted octanol–water partition coefficient (Wildman–Crippen LogP) is 2.57. The molecule has 0 N–H and O–H groups in total. The standard InChI is InChI=1S/C16H22N2O/c17-9-11-2-1-3-18(10-11)15(19)16-7-12-4-13(8-16)6-14(16)5-12/h11-14H,1-8,10H2. The van der Waals surface area contributed by atoms with E-state index in [1.165, 1.54) is 19.3 Å². The zero-order valence-electron chi connectivity index (χ0n) is 11.5. The molecule has 5 fully saturated rings. The predicted molar refractivity (Wildman–Crippen MR) is 70.9 cm³/mol. The van der Waals surface area contributed by atoms with E-state index in [9.17, 15) is 4.79 Å². The number of piperidine rings is 1. The summed E-state index contributed by atoms with van der Waals surface area (Å²) < 4.78 is 0. The monoisotopic (exact) mass is 258 g/mol. The maximum atomic E-state index is 13.0. The molecule has 3 nitrogen and oxygen atoms in total. The minimum Gasteiger partial charge on any atom is -0.341 e. The van der Waals surface area contributed by atoms with Gasteiger partial charge in [0, 0.05) is 13.1 Å². The molecule has 1 saturated heterocycles. The van der Waals surface area contributed by atoms with E-state index in [-0.39, 0.29) is 11.3 Å². The number of amides is 1. The Kier molecular flexibility index (Phi) is 2.46. The highest BCUT2D eigenvalue weighted by Gasteiger charge is 2.62. The highest BCUT2D eigenvalue weighted by atomic mass is 16.2. The number of hydrogen-bond acceptors (Lipinski definition) is 2. The molecular formula is C16H22N2O. The third-order valence-corrected chi connectivity index (χ3v) is 6.31. The highest BCUT2D eigenvalue weighted by molar-refractivity contribution is 5.84. The van der Waals surface area contributed by atoms with Crippen molar-refractivity contribution in [1.82, 2.24) is 4.90 Å². The second-order valence-corrected chi connectivity index (χ2v) is 7.42. The molecule has 3 heteroatoms. The molecule has 0 aromatic rings. The lowest BCUT2D eigenvalue weighted by atomic mass is 9.74. The first-order valence-electron chi connectivity index (χ1n) is 7.90. The third-order valence-electron chi connectivity index (χ3n) is 6.31. The molecule has 3 unspecified atom stereocenters. The topological polar surface area (TPSA) is 44.1 Å². The van der Waals surface area contributed by atoms with Gasteiger partial charge in [0.25, 0.3) is 0 Å². The fourth-order valence-electron chi connectivity index (χ4n) is 5.73. The molecule has 4 aliphatic carbocycles. The first kappa shape index (κ1) is 11.8. The molecule has 0 aromatic heterocycles. The Morgan fingerprint density at radius 2 is 1.95 bits per heavy atom. The van der Waals surface area contributed by atoms with Gasteiger partial charge in [-0.05, 0) is 62.7 Å². The van der Waals surface area contributed by atoms with Crippen LogP contribution in [0.3, 0.4) is 0 Å².